The molecule has 0 radical (unpaired) electrons. The van der Waals surface area contributed by atoms with Crippen LogP contribution in [0.4, 0.5) is 5.69 Å². The summed E-state index contributed by atoms with van der Waals surface area (Å²) in [7, 11) is 0. The standard InChI is InChI=1S/C18H16N2O/c1-3-7-14(8-4-1)18-17-15(13-21-19-17)11-12-20(18)16-9-5-2-6-10-16/h1-10,13,18H,11-12H2. The zero-order valence-corrected chi connectivity index (χ0v) is 11.6. The quantitative estimate of drug-likeness (QED) is 0.712. The van der Waals surface area contributed by atoms with E-state index in [-0.39, 0.29) is 6.04 Å². The number of para-hydroxylation sites is 1. The summed E-state index contributed by atoms with van der Waals surface area (Å²) in [6.45, 7) is 0.970. The molecule has 3 aromatic rings. The Labute approximate surface area is 123 Å². The van der Waals surface area contributed by atoms with Crippen LogP contribution in [-0.2, 0) is 6.42 Å². The van der Waals surface area contributed by atoms with Gasteiger partial charge in [0.2, 0.25) is 0 Å². The van der Waals surface area contributed by atoms with E-state index >= 15 is 0 Å². The molecule has 2 heterocycles. The molecule has 1 aromatic heterocycles. The molecular weight excluding hydrogens is 260 g/mol. The Balaban J connectivity index is 1.84. The largest absolute Gasteiger partial charge is 0.364 e. The van der Waals surface area contributed by atoms with E-state index in [1.54, 1.807) is 6.26 Å². The summed E-state index contributed by atoms with van der Waals surface area (Å²) >= 11 is 0. The van der Waals surface area contributed by atoms with Crippen LogP contribution in [-0.4, -0.2) is 11.7 Å². The summed E-state index contributed by atoms with van der Waals surface area (Å²) in [5, 5.41) is 4.27. The average molecular weight is 276 g/mol. The summed E-state index contributed by atoms with van der Waals surface area (Å²) in [6.07, 6.45) is 2.75. The Morgan fingerprint density at radius 1 is 0.952 bits per heavy atom. The fraction of sp³-hybridized carbons (Fsp3) is 0.167. The van der Waals surface area contributed by atoms with Gasteiger partial charge in [-0.1, -0.05) is 53.7 Å². The molecule has 0 amide bonds. The van der Waals surface area contributed by atoms with Crippen molar-refractivity contribution in [3.8, 4) is 0 Å². The summed E-state index contributed by atoms with van der Waals surface area (Å²) in [6, 6.07) is 21.1. The maximum absolute atomic E-state index is 5.23. The topological polar surface area (TPSA) is 29.3 Å². The number of fused-ring (bicyclic) bond motifs is 1. The molecule has 0 saturated heterocycles. The lowest BCUT2D eigenvalue weighted by molar-refractivity contribution is 0.408. The van der Waals surface area contributed by atoms with Gasteiger partial charge >= 0.3 is 0 Å². The number of aromatic nitrogens is 1. The lowest BCUT2D eigenvalue weighted by atomic mass is 9.93. The van der Waals surface area contributed by atoms with Gasteiger partial charge in [-0.25, -0.2) is 0 Å². The zero-order chi connectivity index (χ0) is 14.1. The van der Waals surface area contributed by atoms with Crippen molar-refractivity contribution in [2.45, 2.75) is 12.5 Å². The van der Waals surface area contributed by atoms with Crippen molar-refractivity contribution in [3.05, 3.63) is 83.7 Å². The molecule has 1 aliphatic heterocycles. The number of benzene rings is 2. The molecule has 0 saturated carbocycles. The third kappa shape index (κ3) is 2.11. The Hall–Kier alpha value is -2.55. The first-order valence-electron chi connectivity index (χ1n) is 7.23. The van der Waals surface area contributed by atoms with Gasteiger partial charge in [-0.05, 0) is 24.1 Å². The molecule has 0 aliphatic carbocycles. The van der Waals surface area contributed by atoms with Gasteiger partial charge in [0.05, 0.1) is 0 Å². The highest BCUT2D eigenvalue weighted by Gasteiger charge is 2.31. The van der Waals surface area contributed by atoms with Gasteiger partial charge < -0.3 is 9.42 Å². The van der Waals surface area contributed by atoms with E-state index in [1.807, 2.05) is 12.1 Å². The Morgan fingerprint density at radius 3 is 2.43 bits per heavy atom. The molecule has 104 valence electrons. The highest BCUT2D eigenvalue weighted by atomic mass is 16.5. The van der Waals surface area contributed by atoms with Crippen molar-refractivity contribution in [2.75, 3.05) is 11.4 Å². The molecule has 1 atom stereocenters. The van der Waals surface area contributed by atoms with Crippen molar-refractivity contribution in [1.29, 1.82) is 0 Å². The molecule has 0 N–H and O–H groups in total. The van der Waals surface area contributed by atoms with Crippen molar-refractivity contribution in [3.63, 3.8) is 0 Å². The Kier molecular flexibility index (Phi) is 2.96. The summed E-state index contributed by atoms with van der Waals surface area (Å²) in [5.74, 6) is 0. The molecule has 2 aromatic carbocycles. The first-order valence-corrected chi connectivity index (χ1v) is 7.23. The van der Waals surface area contributed by atoms with Crippen LogP contribution in [0, 0.1) is 0 Å². The third-order valence-electron chi connectivity index (χ3n) is 4.07. The second-order valence-corrected chi connectivity index (χ2v) is 5.32. The van der Waals surface area contributed by atoms with Crippen molar-refractivity contribution < 1.29 is 4.52 Å². The molecule has 0 spiro atoms. The van der Waals surface area contributed by atoms with E-state index in [1.165, 1.54) is 16.8 Å². The van der Waals surface area contributed by atoms with Gasteiger partial charge in [-0.15, -0.1) is 0 Å². The monoisotopic (exact) mass is 276 g/mol. The van der Waals surface area contributed by atoms with Gasteiger partial charge in [-0.2, -0.15) is 0 Å². The Bertz CT molecular complexity index is 721. The number of hydrogen-bond acceptors (Lipinski definition) is 3. The smallest absolute Gasteiger partial charge is 0.127 e. The number of hydrogen-bond donors (Lipinski definition) is 0. The second-order valence-electron chi connectivity index (χ2n) is 5.32. The van der Waals surface area contributed by atoms with Crippen LogP contribution < -0.4 is 4.90 Å². The molecule has 3 heteroatoms. The second kappa shape index (κ2) is 5.09. The van der Waals surface area contributed by atoms with Crippen molar-refractivity contribution in [1.82, 2.24) is 5.16 Å². The van der Waals surface area contributed by atoms with E-state index in [2.05, 4.69) is 58.6 Å². The van der Waals surface area contributed by atoms with Crippen LogP contribution in [0.2, 0.25) is 0 Å². The number of rotatable bonds is 2. The van der Waals surface area contributed by atoms with E-state index in [0.717, 1.165) is 18.7 Å². The van der Waals surface area contributed by atoms with Gasteiger partial charge in [0.15, 0.2) is 0 Å². The zero-order valence-electron chi connectivity index (χ0n) is 11.6. The summed E-state index contributed by atoms with van der Waals surface area (Å²) in [4.78, 5) is 2.40. The van der Waals surface area contributed by atoms with Crippen LogP contribution in [0.3, 0.4) is 0 Å². The maximum atomic E-state index is 5.23. The SMILES string of the molecule is c1ccc(C2c3nocc3CCN2c2ccccc2)cc1. The maximum Gasteiger partial charge on any atom is 0.127 e. The van der Waals surface area contributed by atoms with Crippen LogP contribution >= 0.6 is 0 Å². The van der Waals surface area contributed by atoms with Crippen LogP contribution in [0.25, 0.3) is 0 Å². The minimum absolute atomic E-state index is 0.121. The molecule has 0 bridgehead atoms. The van der Waals surface area contributed by atoms with E-state index in [4.69, 9.17) is 4.52 Å². The lowest BCUT2D eigenvalue weighted by Crippen LogP contribution is -2.36. The predicted octanol–water partition coefficient (Wildman–Crippen LogP) is 3.83. The highest BCUT2D eigenvalue weighted by molar-refractivity contribution is 5.54. The minimum Gasteiger partial charge on any atom is -0.364 e. The van der Waals surface area contributed by atoms with Gasteiger partial charge in [0, 0.05) is 17.8 Å². The first-order chi connectivity index (χ1) is 10.4. The van der Waals surface area contributed by atoms with Gasteiger partial charge in [-0.3, -0.25) is 0 Å². The molecule has 1 aliphatic rings. The van der Waals surface area contributed by atoms with E-state index in [0.29, 0.717) is 0 Å². The van der Waals surface area contributed by atoms with E-state index < -0.39 is 0 Å². The molecule has 0 fully saturated rings. The van der Waals surface area contributed by atoms with Crippen LogP contribution in [0.15, 0.2) is 71.4 Å². The minimum atomic E-state index is 0.121. The fourth-order valence-electron chi connectivity index (χ4n) is 3.07. The normalized spacial score (nSPS) is 17.5. The molecule has 21 heavy (non-hydrogen) atoms. The lowest BCUT2D eigenvalue weighted by Gasteiger charge is -2.36. The summed E-state index contributed by atoms with van der Waals surface area (Å²) in [5.41, 5.74) is 4.73. The molecule has 4 rings (SSSR count). The van der Waals surface area contributed by atoms with Crippen molar-refractivity contribution in [2.24, 2.45) is 0 Å². The average Bonchev–Trinajstić information content (AvgIpc) is 3.04. The third-order valence-corrected chi connectivity index (χ3v) is 4.07. The van der Waals surface area contributed by atoms with E-state index in [9.17, 15) is 0 Å². The molecule has 1 unspecified atom stereocenters. The number of anilines is 1. The van der Waals surface area contributed by atoms with Gasteiger partial charge in [0.25, 0.3) is 0 Å². The predicted molar refractivity (Wildman–Crippen MR) is 82.3 cm³/mol. The number of nitrogens with zero attached hydrogens (tertiary/aromatic N) is 2. The van der Waals surface area contributed by atoms with Crippen LogP contribution in [0.5, 0.6) is 0 Å². The highest BCUT2D eigenvalue weighted by Crippen LogP contribution is 2.37. The molecular formula is C18H16N2O. The van der Waals surface area contributed by atoms with Gasteiger partial charge in [0.1, 0.15) is 18.0 Å². The summed E-state index contributed by atoms with van der Waals surface area (Å²) < 4.78 is 5.23. The van der Waals surface area contributed by atoms with Crippen LogP contribution in [0.1, 0.15) is 22.9 Å². The Morgan fingerprint density at radius 2 is 1.67 bits per heavy atom. The first kappa shape index (κ1) is 12.2. The van der Waals surface area contributed by atoms with Crippen molar-refractivity contribution >= 4 is 5.69 Å². The molecule has 3 nitrogen and oxygen atoms in total. The fourth-order valence-corrected chi connectivity index (χ4v) is 3.07.